The van der Waals surface area contributed by atoms with Crippen LogP contribution in [0.1, 0.15) is 18.7 Å². The van der Waals surface area contributed by atoms with Gasteiger partial charge in [-0.2, -0.15) is 0 Å². The third kappa shape index (κ3) is 4.09. The standard InChI is InChI=1S/C10H17BrN2S/c1-10(2,6-12)7-13-4-9-3-8(11)5-14-9/h3,5,13H,4,6-7,12H2,1-2H3. The van der Waals surface area contributed by atoms with Crippen LogP contribution in [0.25, 0.3) is 0 Å². The van der Waals surface area contributed by atoms with E-state index >= 15 is 0 Å². The first-order valence-corrected chi connectivity index (χ1v) is 6.34. The van der Waals surface area contributed by atoms with Gasteiger partial charge in [0, 0.05) is 27.8 Å². The Kier molecular flexibility index (Phi) is 4.57. The topological polar surface area (TPSA) is 38.0 Å². The van der Waals surface area contributed by atoms with Gasteiger partial charge in [0.25, 0.3) is 0 Å². The normalized spacial score (nSPS) is 12.0. The van der Waals surface area contributed by atoms with Gasteiger partial charge in [0.1, 0.15) is 0 Å². The van der Waals surface area contributed by atoms with Crippen LogP contribution >= 0.6 is 27.3 Å². The highest BCUT2D eigenvalue weighted by molar-refractivity contribution is 9.10. The summed E-state index contributed by atoms with van der Waals surface area (Å²) in [5.41, 5.74) is 5.83. The average molecular weight is 277 g/mol. The maximum absolute atomic E-state index is 5.64. The number of hydrogen-bond donors (Lipinski definition) is 2. The molecular weight excluding hydrogens is 260 g/mol. The molecule has 4 heteroatoms. The van der Waals surface area contributed by atoms with Crippen molar-refractivity contribution >= 4 is 27.3 Å². The van der Waals surface area contributed by atoms with E-state index in [1.54, 1.807) is 11.3 Å². The molecule has 0 aliphatic carbocycles. The second-order valence-corrected chi connectivity index (χ2v) is 6.11. The molecule has 0 atom stereocenters. The highest BCUT2D eigenvalue weighted by Crippen LogP contribution is 2.19. The number of thiophene rings is 1. The van der Waals surface area contributed by atoms with Gasteiger partial charge in [-0.3, -0.25) is 0 Å². The van der Waals surface area contributed by atoms with Gasteiger partial charge < -0.3 is 11.1 Å². The molecule has 0 radical (unpaired) electrons. The minimum Gasteiger partial charge on any atom is -0.330 e. The maximum Gasteiger partial charge on any atom is 0.0300 e. The van der Waals surface area contributed by atoms with Crippen LogP contribution in [0, 0.1) is 5.41 Å². The summed E-state index contributed by atoms with van der Waals surface area (Å²) in [5, 5.41) is 5.52. The Hall–Kier alpha value is 0.1000. The zero-order valence-electron chi connectivity index (χ0n) is 8.64. The van der Waals surface area contributed by atoms with E-state index in [0.29, 0.717) is 6.54 Å². The first kappa shape index (κ1) is 12.2. The van der Waals surface area contributed by atoms with Crippen molar-refractivity contribution in [2.24, 2.45) is 11.1 Å². The van der Waals surface area contributed by atoms with E-state index in [2.05, 4.69) is 46.5 Å². The predicted octanol–water partition coefficient (Wildman–Crippen LogP) is 2.59. The fourth-order valence-electron chi connectivity index (χ4n) is 1.04. The van der Waals surface area contributed by atoms with Gasteiger partial charge in [0.05, 0.1) is 0 Å². The Morgan fingerprint density at radius 2 is 2.29 bits per heavy atom. The zero-order valence-corrected chi connectivity index (χ0v) is 11.0. The second-order valence-electron chi connectivity index (χ2n) is 4.20. The summed E-state index contributed by atoms with van der Waals surface area (Å²) in [7, 11) is 0. The van der Waals surface area contributed by atoms with Crippen LogP contribution < -0.4 is 11.1 Å². The first-order chi connectivity index (χ1) is 6.53. The summed E-state index contributed by atoms with van der Waals surface area (Å²) < 4.78 is 1.16. The summed E-state index contributed by atoms with van der Waals surface area (Å²) in [6, 6.07) is 2.15. The Morgan fingerprint density at radius 3 is 2.79 bits per heavy atom. The fourth-order valence-corrected chi connectivity index (χ4v) is 2.46. The average Bonchev–Trinajstić information content (AvgIpc) is 2.51. The van der Waals surface area contributed by atoms with Crippen LogP contribution in [-0.2, 0) is 6.54 Å². The molecule has 1 aromatic heterocycles. The third-order valence-corrected chi connectivity index (χ3v) is 3.77. The van der Waals surface area contributed by atoms with Crippen molar-refractivity contribution in [3.05, 3.63) is 20.8 Å². The lowest BCUT2D eigenvalue weighted by atomic mass is 9.94. The maximum atomic E-state index is 5.64. The van der Waals surface area contributed by atoms with Gasteiger partial charge in [-0.1, -0.05) is 13.8 Å². The van der Waals surface area contributed by atoms with Gasteiger partial charge in [0.2, 0.25) is 0 Å². The number of hydrogen-bond acceptors (Lipinski definition) is 3. The lowest BCUT2D eigenvalue weighted by Crippen LogP contribution is -2.35. The van der Waals surface area contributed by atoms with E-state index in [-0.39, 0.29) is 5.41 Å². The fraction of sp³-hybridized carbons (Fsp3) is 0.600. The minimum atomic E-state index is 0.189. The molecule has 0 saturated heterocycles. The van der Waals surface area contributed by atoms with Crippen molar-refractivity contribution in [3.63, 3.8) is 0 Å². The van der Waals surface area contributed by atoms with Crippen LogP contribution in [0.3, 0.4) is 0 Å². The van der Waals surface area contributed by atoms with E-state index in [0.717, 1.165) is 17.6 Å². The van der Waals surface area contributed by atoms with Gasteiger partial charge >= 0.3 is 0 Å². The SMILES string of the molecule is CC(C)(CN)CNCc1cc(Br)cs1. The van der Waals surface area contributed by atoms with Crippen LogP contribution in [0.15, 0.2) is 15.9 Å². The third-order valence-electron chi connectivity index (χ3n) is 2.08. The van der Waals surface area contributed by atoms with Crippen molar-refractivity contribution in [1.82, 2.24) is 5.32 Å². The van der Waals surface area contributed by atoms with Crippen molar-refractivity contribution < 1.29 is 0 Å². The molecule has 1 aromatic rings. The number of nitrogens with two attached hydrogens (primary N) is 1. The quantitative estimate of drug-likeness (QED) is 0.868. The number of halogens is 1. The second kappa shape index (κ2) is 5.26. The van der Waals surface area contributed by atoms with E-state index in [1.165, 1.54) is 4.88 Å². The molecule has 0 amide bonds. The predicted molar refractivity (Wildman–Crippen MR) is 66.6 cm³/mol. The molecule has 0 aliphatic rings. The van der Waals surface area contributed by atoms with E-state index in [9.17, 15) is 0 Å². The Bertz CT molecular complexity index is 283. The minimum absolute atomic E-state index is 0.189. The molecule has 1 heterocycles. The monoisotopic (exact) mass is 276 g/mol. The van der Waals surface area contributed by atoms with Crippen LogP contribution in [-0.4, -0.2) is 13.1 Å². The molecule has 0 fully saturated rings. The molecule has 1 rings (SSSR count). The molecule has 0 aliphatic heterocycles. The van der Waals surface area contributed by atoms with Crippen molar-refractivity contribution in [2.45, 2.75) is 20.4 Å². The summed E-state index contributed by atoms with van der Waals surface area (Å²) in [6.07, 6.45) is 0. The molecule has 0 unspecified atom stereocenters. The molecular formula is C10H17BrN2S. The molecule has 80 valence electrons. The molecule has 0 spiro atoms. The number of nitrogens with one attached hydrogen (secondary N) is 1. The summed E-state index contributed by atoms with van der Waals surface area (Å²) in [6.45, 7) is 6.95. The molecule has 0 bridgehead atoms. The van der Waals surface area contributed by atoms with Crippen molar-refractivity contribution in [2.75, 3.05) is 13.1 Å². The van der Waals surface area contributed by atoms with Gasteiger partial charge in [0.15, 0.2) is 0 Å². The highest BCUT2D eigenvalue weighted by Gasteiger charge is 2.14. The van der Waals surface area contributed by atoms with Crippen molar-refractivity contribution in [1.29, 1.82) is 0 Å². The molecule has 0 saturated carbocycles. The van der Waals surface area contributed by atoms with Gasteiger partial charge in [-0.15, -0.1) is 11.3 Å². The van der Waals surface area contributed by atoms with E-state index < -0.39 is 0 Å². The van der Waals surface area contributed by atoms with Crippen molar-refractivity contribution in [3.8, 4) is 0 Å². The smallest absolute Gasteiger partial charge is 0.0300 e. The van der Waals surface area contributed by atoms with E-state index in [1.807, 2.05) is 0 Å². The molecule has 0 aromatic carbocycles. The zero-order chi connectivity index (χ0) is 10.6. The summed E-state index contributed by atoms with van der Waals surface area (Å²) in [4.78, 5) is 1.35. The Morgan fingerprint density at radius 1 is 1.57 bits per heavy atom. The van der Waals surface area contributed by atoms with Crippen LogP contribution in [0.2, 0.25) is 0 Å². The Labute approximate surface area is 98.0 Å². The van der Waals surface area contributed by atoms with Crippen LogP contribution in [0.4, 0.5) is 0 Å². The lowest BCUT2D eigenvalue weighted by molar-refractivity contribution is 0.352. The largest absolute Gasteiger partial charge is 0.330 e. The first-order valence-electron chi connectivity index (χ1n) is 4.67. The molecule has 14 heavy (non-hydrogen) atoms. The summed E-state index contributed by atoms with van der Waals surface area (Å²) >= 11 is 5.21. The van der Waals surface area contributed by atoms with E-state index in [4.69, 9.17) is 5.73 Å². The number of rotatable bonds is 5. The van der Waals surface area contributed by atoms with Crippen LogP contribution in [0.5, 0.6) is 0 Å². The molecule has 3 N–H and O–H groups in total. The summed E-state index contributed by atoms with van der Waals surface area (Å²) in [5.74, 6) is 0. The highest BCUT2D eigenvalue weighted by atomic mass is 79.9. The molecule has 2 nitrogen and oxygen atoms in total. The Balaban J connectivity index is 2.28. The lowest BCUT2D eigenvalue weighted by Gasteiger charge is -2.22. The van der Waals surface area contributed by atoms with Gasteiger partial charge in [-0.05, 0) is 34.0 Å². The van der Waals surface area contributed by atoms with Gasteiger partial charge in [-0.25, -0.2) is 0 Å².